The molecule has 1 unspecified atom stereocenters. The SMILES string of the molecule is CC1CCCN(c2ccc(-c3cscn3)cc2N)C1. The Morgan fingerprint density at radius 1 is 1.42 bits per heavy atom. The van der Waals surface area contributed by atoms with Crippen LogP contribution in [0.3, 0.4) is 0 Å². The molecule has 0 bridgehead atoms. The Balaban J connectivity index is 1.87. The van der Waals surface area contributed by atoms with E-state index in [4.69, 9.17) is 5.73 Å². The molecule has 4 heteroatoms. The topological polar surface area (TPSA) is 42.2 Å². The van der Waals surface area contributed by atoms with E-state index in [-0.39, 0.29) is 0 Å². The predicted octanol–water partition coefficient (Wildman–Crippen LogP) is 3.63. The van der Waals surface area contributed by atoms with E-state index in [1.165, 1.54) is 18.5 Å². The molecule has 2 aromatic rings. The van der Waals surface area contributed by atoms with Gasteiger partial charge in [0, 0.05) is 24.0 Å². The van der Waals surface area contributed by atoms with Gasteiger partial charge in [-0.1, -0.05) is 13.0 Å². The molecule has 0 amide bonds. The third-order valence-corrected chi connectivity index (χ3v) is 4.34. The monoisotopic (exact) mass is 273 g/mol. The maximum Gasteiger partial charge on any atom is 0.0811 e. The predicted molar refractivity (Wildman–Crippen MR) is 82.6 cm³/mol. The number of rotatable bonds is 2. The van der Waals surface area contributed by atoms with Crippen molar-refractivity contribution in [2.24, 2.45) is 5.92 Å². The lowest BCUT2D eigenvalue weighted by Gasteiger charge is -2.33. The first kappa shape index (κ1) is 12.5. The zero-order valence-corrected chi connectivity index (χ0v) is 12.0. The molecule has 1 fully saturated rings. The van der Waals surface area contributed by atoms with Crippen LogP contribution in [0.25, 0.3) is 11.3 Å². The van der Waals surface area contributed by atoms with Crippen molar-refractivity contribution in [3.8, 4) is 11.3 Å². The molecule has 1 atom stereocenters. The third kappa shape index (κ3) is 2.59. The average molecular weight is 273 g/mol. The van der Waals surface area contributed by atoms with Crippen molar-refractivity contribution in [2.45, 2.75) is 19.8 Å². The summed E-state index contributed by atoms with van der Waals surface area (Å²) < 4.78 is 0. The van der Waals surface area contributed by atoms with Crippen molar-refractivity contribution in [3.05, 3.63) is 29.1 Å². The van der Waals surface area contributed by atoms with Crippen LogP contribution in [-0.2, 0) is 0 Å². The molecule has 1 saturated heterocycles. The van der Waals surface area contributed by atoms with E-state index in [0.717, 1.165) is 36.0 Å². The Bertz CT molecular complexity index is 551. The van der Waals surface area contributed by atoms with Crippen molar-refractivity contribution in [2.75, 3.05) is 23.7 Å². The fourth-order valence-corrected chi connectivity index (χ4v) is 3.33. The van der Waals surface area contributed by atoms with Crippen molar-refractivity contribution >= 4 is 22.7 Å². The van der Waals surface area contributed by atoms with Gasteiger partial charge in [0.05, 0.1) is 22.6 Å². The van der Waals surface area contributed by atoms with Gasteiger partial charge in [0.2, 0.25) is 0 Å². The first-order valence-corrected chi connectivity index (χ1v) is 7.71. The summed E-state index contributed by atoms with van der Waals surface area (Å²) in [6, 6.07) is 6.31. The van der Waals surface area contributed by atoms with Gasteiger partial charge >= 0.3 is 0 Å². The molecule has 1 aromatic carbocycles. The van der Waals surface area contributed by atoms with E-state index in [9.17, 15) is 0 Å². The zero-order chi connectivity index (χ0) is 13.2. The Morgan fingerprint density at radius 2 is 2.32 bits per heavy atom. The van der Waals surface area contributed by atoms with Crippen LogP contribution in [0.1, 0.15) is 19.8 Å². The Morgan fingerprint density at radius 3 is 3.00 bits per heavy atom. The molecule has 1 aromatic heterocycles. The summed E-state index contributed by atoms with van der Waals surface area (Å²) in [5.74, 6) is 0.756. The van der Waals surface area contributed by atoms with Crippen LogP contribution < -0.4 is 10.6 Å². The van der Waals surface area contributed by atoms with Gasteiger partial charge in [-0.25, -0.2) is 4.98 Å². The molecular formula is C15H19N3S. The molecule has 2 heterocycles. The van der Waals surface area contributed by atoms with Gasteiger partial charge in [-0.05, 0) is 30.9 Å². The maximum atomic E-state index is 6.24. The molecule has 1 aliphatic heterocycles. The van der Waals surface area contributed by atoms with Crippen LogP contribution >= 0.6 is 11.3 Å². The molecule has 1 aliphatic rings. The van der Waals surface area contributed by atoms with E-state index in [0.29, 0.717) is 0 Å². The first-order chi connectivity index (χ1) is 9.24. The number of benzene rings is 1. The molecule has 0 aliphatic carbocycles. The Kier molecular flexibility index (Phi) is 3.42. The Labute approximate surface area is 118 Å². The third-order valence-electron chi connectivity index (χ3n) is 3.75. The van der Waals surface area contributed by atoms with E-state index >= 15 is 0 Å². The van der Waals surface area contributed by atoms with Crippen molar-refractivity contribution in [1.82, 2.24) is 4.98 Å². The van der Waals surface area contributed by atoms with Crippen LogP contribution in [0.15, 0.2) is 29.1 Å². The summed E-state index contributed by atoms with van der Waals surface area (Å²) >= 11 is 1.61. The zero-order valence-electron chi connectivity index (χ0n) is 11.2. The van der Waals surface area contributed by atoms with Crippen molar-refractivity contribution in [1.29, 1.82) is 0 Å². The fourth-order valence-electron chi connectivity index (χ4n) is 2.77. The number of hydrogen-bond donors (Lipinski definition) is 1. The van der Waals surface area contributed by atoms with E-state index in [2.05, 4.69) is 34.3 Å². The van der Waals surface area contributed by atoms with Gasteiger partial charge in [0.15, 0.2) is 0 Å². The second-order valence-electron chi connectivity index (χ2n) is 5.34. The molecule has 0 radical (unpaired) electrons. The molecule has 0 saturated carbocycles. The van der Waals surface area contributed by atoms with Crippen LogP contribution in [0.4, 0.5) is 11.4 Å². The van der Waals surface area contributed by atoms with Crippen LogP contribution in [0.2, 0.25) is 0 Å². The van der Waals surface area contributed by atoms with Crippen LogP contribution in [0, 0.1) is 5.92 Å². The average Bonchev–Trinajstić information content (AvgIpc) is 2.92. The first-order valence-electron chi connectivity index (χ1n) is 6.77. The number of nitrogens with two attached hydrogens (primary N) is 1. The summed E-state index contributed by atoms with van der Waals surface area (Å²) in [6.45, 7) is 4.54. The molecule has 3 nitrogen and oxygen atoms in total. The second-order valence-corrected chi connectivity index (χ2v) is 6.06. The van der Waals surface area contributed by atoms with Gasteiger partial charge in [0.1, 0.15) is 0 Å². The number of thiazole rings is 1. The molecule has 3 rings (SSSR count). The minimum Gasteiger partial charge on any atom is -0.397 e. The molecule has 19 heavy (non-hydrogen) atoms. The smallest absolute Gasteiger partial charge is 0.0811 e. The van der Waals surface area contributed by atoms with Gasteiger partial charge < -0.3 is 10.6 Å². The maximum absolute atomic E-state index is 6.24. The van der Waals surface area contributed by atoms with E-state index in [1.54, 1.807) is 11.3 Å². The van der Waals surface area contributed by atoms with Crippen LogP contribution in [-0.4, -0.2) is 18.1 Å². The normalized spacial score (nSPS) is 19.6. The largest absolute Gasteiger partial charge is 0.397 e. The Hall–Kier alpha value is -1.55. The summed E-state index contributed by atoms with van der Waals surface area (Å²) in [4.78, 5) is 6.74. The van der Waals surface area contributed by atoms with E-state index in [1.807, 2.05) is 11.6 Å². The minimum absolute atomic E-state index is 0.756. The second kappa shape index (κ2) is 5.21. The summed E-state index contributed by atoms with van der Waals surface area (Å²) in [5, 5.41) is 2.05. The fraction of sp³-hybridized carbons (Fsp3) is 0.400. The van der Waals surface area contributed by atoms with Gasteiger partial charge in [-0.3, -0.25) is 0 Å². The number of aromatic nitrogens is 1. The van der Waals surface area contributed by atoms with Gasteiger partial charge in [-0.15, -0.1) is 11.3 Å². The van der Waals surface area contributed by atoms with Gasteiger partial charge in [0.25, 0.3) is 0 Å². The highest BCUT2D eigenvalue weighted by molar-refractivity contribution is 7.07. The molecule has 0 spiro atoms. The highest BCUT2D eigenvalue weighted by Crippen LogP contribution is 2.31. The highest BCUT2D eigenvalue weighted by Gasteiger charge is 2.18. The number of hydrogen-bond acceptors (Lipinski definition) is 4. The van der Waals surface area contributed by atoms with Crippen molar-refractivity contribution < 1.29 is 0 Å². The molecule has 100 valence electrons. The number of nitrogens with zero attached hydrogens (tertiary/aromatic N) is 2. The summed E-state index contributed by atoms with van der Waals surface area (Å²) in [6.07, 6.45) is 2.59. The summed E-state index contributed by atoms with van der Waals surface area (Å²) in [5.41, 5.74) is 12.2. The molecule has 2 N–H and O–H groups in total. The van der Waals surface area contributed by atoms with Gasteiger partial charge in [-0.2, -0.15) is 0 Å². The summed E-state index contributed by atoms with van der Waals surface area (Å²) in [7, 11) is 0. The highest BCUT2D eigenvalue weighted by atomic mass is 32.1. The molecular weight excluding hydrogens is 254 g/mol. The standard InChI is InChI=1S/C15H19N3S/c1-11-3-2-6-18(8-11)15-5-4-12(7-13(15)16)14-9-19-10-17-14/h4-5,7,9-11H,2-3,6,8,16H2,1H3. The number of nitrogen functional groups attached to an aromatic ring is 1. The van der Waals surface area contributed by atoms with E-state index < -0.39 is 0 Å². The lowest BCUT2D eigenvalue weighted by atomic mass is 9.99. The minimum atomic E-state index is 0.756. The number of piperidine rings is 1. The lowest BCUT2D eigenvalue weighted by Crippen LogP contribution is -2.34. The van der Waals surface area contributed by atoms with Crippen LogP contribution in [0.5, 0.6) is 0 Å². The quantitative estimate of drug-likeness (QED) is 0.850. The van der Waals surface area contributed by atoms with Crippen molar-refractivity contribution in [3.63, 3.8) is 0 Å². The number of anilines is 2. The lowest BCUT2D eigenvalue weighted by molar-refractivity contribution is 0.447.